The summed E-state index contributed by atoms with van der Waals surface area (Å²) in [5.41, 5.74) is 1.82. The highest BCUT2D eigenvalue weighted by Gasteiger charge is 2.09. The summed E-state index contributed by atoms with van der Waals surface area (Å²) in [6.07, 6.45) is 0. The summed E-state index contributed by atoms with van der Waals surface area (Å²) < 4.78 is 7.80. The highest BCUT2D eigenvalue weighted by Crippen LogP contribution is 2.35. The van der Waals surface area contributed by atoms with Crippen molar-refractivity contribution in [2.24, 2.45) is 0 Å². The second-order valence-electron chi connectivity index (χ2n) is 3.36. The summed E-state index contributed by atoms with van der Waals surface area (Å²) in [7, 11) is 0. The first-order valence-electron chi connectivity index (χ1n) is 4.52. The average molecular weight is 326 g/mol. The van der Waals surface area contributed by atoms with E-state index in [9.17, 15) is 0 Å². The van der Waals surface area contributed by atoms with Crippen molar-refractivity contribution in [1.82, 2.24) is 0 Å². The third-order valence-electron chi connectivity index (χ3n) is 2.40. The van der Waals surface area contributed by atoms with Gasteiger partial charge in [-0.1, -0.05) is 34.1 Å². The van der Waals surface area contributed by atoms with Gasteiger partial charge >= 0.3 is 0 Å². The Morgan fingerprint density at radius 2 is 1.73 bits per heavy atom. The summed E-state index contributed by atoms with van der Waals surface area (Å²) in [5.74, 6) is 0. The highest BCUT2D eigenvalue weighted by atomic mass is 79.9. The summed E-state index contributed by atoms with van der Waals surface area (Å²) in [6.45, 7) is 0. The van der Waals surface area contributed by atoms with Gasteiger partial charge in [0.2, 0.25) is 0 Å². The van der Waals surface area contributed by atoms with Crippen molar-refractivity contribution in [1.29, 1.82) is 0 Å². The fraction of sp³-hybridized carbons (Fsp3) is 0. The largest absolute Gasteiger partial charge is 0.455 e. The van der Waals surface area contributed by atoms with Gasteiger partial charge in [-0.15, -0.1) is 0 Å². The maximum Gasteiger partial charge on any atom is 0.149 e. The molecule has 0 bridgehead atoms. The van der Waals surface area contributed by atoms with Crippen LogP contribution in [0.5, 0.6) is 0 Å². The number of fused-ring (bicyclic) bond motifs is 3. The molecule has 0 N–H and O–H groups in total. The molecule has 0 saturated carbocycles. The van der Waals surface area contributed by atoms with Crippen molar-refractivity contribution in [3.63, 3.8) is 0 Å². The third kappa shape index (κ3) is 1.42. The van der Waals surface area contributed by atoms with E-state index in [0.717, 1.165) is 30.9 Å². The maximum absolute atomic E-state index is 5.77. The molecule has 0 aliphatic rings. The van der Waals surface area contributed by atoms with Crippen LogP contribution in [0.1, 0.15) is 0 Å². The van der Waals surface area contributed by atoms with Crippen LogP contribution in [-0.2, 0) is 0 Å². The molecule has 1 nitrogen and oxygen atoms in total. The predicted molar refractivity (Wildman–Crippen MR) is 69.1 cm³/mol. The number of benzene rings is 2. The van der Waals surface area contributed by atoms with Gasteiger partial charge in [0.05, 0.1) is 4.47 Å². The molecular weight excluding hydrogens is 320 g/mol. The van der Waals surface area contributed by atoms with E-state index >= 15 is 0 Å². The van der Waals surface area contributed by atoms with Crippen molar-refractivity contribution >= 4 is 53.8 Å². The number of rotatable bonds is 0. The van der Waals surface area contributed by atoms with Gasteiger partial charge in [0.15, 0.2) is 0 Å². The molecule has 1 heterocycles. The van der Waals surface area contributed by atoms with Gasteiger partial charge in [-0.05, 0) is 34.1 Å². The molecule has 0 aliphatic carbocycles. The van der Waals surface area contributed by atoms with Crippen molar-refractivity contribution in [3.8, 4) is 0 Å². The van der Waals surface area contributed by atoms with E-state index in [0.29, 0.717) is 0 Å². The summed E-state index contributed by atoms with van der Waals surface area (Å²) in [4.78, 5) is 0. The van der Waals surface area contributed by atoms with E-state index in [2.05, 4.69) is 44.0 Å². The number of hydrogen-bond donors (Lipinski definition) is 0. The van der Waals surface area contributed by atoms with E-state index in [-0.39, 0.29) is 0 Å². The Balaban J connectivity index is 2.61. The first kappa shape index (κ1) is 9.43. The average Bonchev–Trinajstić information content (AvgIpc) is 2.57. The Morgan fingerprint density at radius 1 is 0.933 bits per heavy atom. The second-order valence-corrected chi connectivity index (χ2v) is 5.13. The van der Waals surface area contributed by atoms with Gasteiger partial charge in [-0.25, -0.2) is 0 Å². The standard InChI is InChI=1S/C12H6Br2O/c13-7-5-9-8-3-1-2-4-11(8)15-12(9)10(14)6-7/h1-6H. The van der Waals surface area contributed by atoms with Crippen LogP contribution in [0.15, 0.2) is 49.8 Å². The van der Waals surface area contributed by atoms with Crippen LogP contribution in [0.2, 0.25) is 0 Å². The summed E-state index contributed by atoms with van der Waals surface area (Å²) in [5, 5.41) is 2.28. The van der Waals surface area contributed by atoms with Gasteiger partial charge in [0, 0.05) is 15.2 Å². The fourth-order valence-electron chi connectivity index (χ4n) is 1.75. The number of hydrogen-bond acceptors (Lipinski definition) is 1. The van der Waals surface area contributed by atoms with Crippen LogP contribution in [-0.4, -0.2) is 0 Å². The lowest BCUT2D eigenvalue weighted by atomic mass is 10.2. The minimum Gasteiger partial charge on any atom is -0.455 e. The molecule has 3 aromatic rings. The van der Waals surface area contributed by atoms with Crippen molar-refractivity contribution in [2.75, 3.05) is 0 Å². The normalized spacial score (nSPS) is 11.3. The highest BCUT2D eigenvalue weighted by molar-refractivity contribution is 9.11. The molecule has 3 heteroatoms. The predicted octanol–water partition coefficient (Wildman–Crippen LogP) is 5.11. The van der Waals surface area contributed by atoms with Crippen molar-refractivity contribution < 1.29 is 4.42 Å². The first-order valence-corrected chi connectivity index (χ1v) is 6.10. The van der Waals surface area contributed by atoms with Crippen LogP contribution in [0.25, 0.3) is 21.9 Å². The summed E-state index contributed by atoms with van der Waals surface area (Å²) >= 11 is 6.98. The zero-order chi connectivity index (χ0) is 10.4. The number of para-hydroxylation sites is 1. The zero-order valence-corrected chi connectivity index (χ0v) is 10.8. The van der Waals surface area contributed by atoms with Crippen LogP contribution >= 0.6 is 31.9 Å². The van der Waals surface area contributed by atoms with Crippen LogP contribution in [0.4, 0.5) is 0 Å². The van der Waals surface area contributed by atoms with E-state index < -0.39 is 0 Å². The van der Waals surface area contributed by atoms with E-state index in [1.807, 2.05) is 24.3 Å². The fourth-order valence-corrected chi connectivity index (χ4v) is 3.06. The van der Waals surface area contributed by atoms with Gasteiger partial charge in [0.25, 0.3) is 0 Å². The molecule has 0 spiro atoms. The monoisotopic (exact) mass is 324 g/mol. The Labute approximate surface area is 103 Å². The van der Waals surface area contributed by atoms with E-state index in [4.69, 9.17) is 4.42 Å². The SMILES string of the molecule is Brc1cc(Br)c2oc3ccccc3c2c1. The Bertz CT molecular complexity index is 655. The first-order chi connectivity index (χ1) is 7.25. The van der Waals surface area contributed by atoms with Gasteiger partial charge in [0.1, 0.15) is 11.2 Å². The van der Waals surface area contributed by atoms with Gasteiger partial charge in [-0.3, -0.25) is 0 Å². The third-order valence-corrected chi connectivity index (χ3v) is 3.44. The molecule has 15 heavy (non-hydrogen) atoms. The minimum atomic E-state index is 0.902. The Morgan fingerprint density at radius 3 is 2.60 bits per heavy atom. The van der Waals surface area contributed by atoms with E-state index in [1.54, 1.807) is 0 Å². The van der Waals surface area contributed by atoms with Crippen molar-refractivity contribution in [2.45, 2.75) is 0 Å². The number of furan rings is 1. The van der Waals surface area contributed by atoms with E-state index in [1.165, 1.54) is 0 Å². The lowest BCUT2D eigenvalue weighted by Crippen LogP contribution is -1.69. The maximum atomic E-state index is 5.77. The molecule has 0 unspecified atom stereocenters. The lowest BCUT2D eigenvalue weighted by Gasteiger charge is -1.94. The Hall–Kier alpha value is -0.800. The minimum absolute atomic E-state index is 0.902. The lowest BCUT2D eigenvalue weighted by molar-refractivity contribution is 0.666. The number of halogens is 2. The molecule has 0 fully saturated rings. The van der Waals surface area contributed by atoms with Crippen LogP contribution in [0.3, 0.4) is 0 Å². The molecule has 3 rings (SSSR count). The quantitative estimate of drug-likeness (QED) is 0.559. The van der Waals surface area contributed by atoms with Crippen LogP contribution < -0.4 is 0 Å². The zero-order valence-electron chi connectivity index (χ0n) is 7.63. The Kier molecular flexibility index (Phi) is 2.11. The molecule has 2 aromatic carbocycles. The topological polar surface area (TPSA) is 13.1 Å². The van der Waals surface area contributed by atoms with Gasteiger partial charge < -0.3 is 4.42 Å². The van der Waals surface area contributed by atoms with Crippen LogP contribution in [0, 0.1) is 0 Å². The molecular formula is C12H6Br2O. The molecule has 0 amide bonds. The molecule has 0 aliphatic heterocycles. The molecule has 0 radical (unpaired) electrons. The molecule has 74 valence electrons. The molecule has 0 saturated heterocycles. The smallest absolute Gasteiger partial charge is 0.149 e. The summed E-state index contributed by atoms with van der Waals surface area (Å²) in [6, 6.07) is 12.1. The van der Waals surface area contributed by atoms with Gasteiger partial charge in [-0.2, -0.15) is 0 Å². The second kappa shape index (κ2) is 3.35. The molecule has 1 aromatic heterocycles. The molecule has 0 atom stereocenters. The van der Waals surface area contributed by atoms with Crippen molar-refractivity contribution in [3.05, 3.63) is 45.3 Å².